The standard InChI is InChI=1S/C27H24N2O3/c1-20(30)32-19-11-18-24-25(26(31)28-24)29-27(21-12-5-2-6-13-21,22-14-7-3-8-15-22)23-16-9-4-10-17-23/h2-10,12-17,24-25,29H,19H2,1H3,(H,28,31)/t24-,25-/m0/s1. The Balaban J connectivity index is 1.78. The summed E-state index contributed by atoms with van der Waals surface area (Å²) in [5.41, 5.74) is 2.29. The number of β-lactam (4-membered cyclic amide) rings is 1. The Morgan fingerprint density at radius 3 is 1.78 bits per heavy atom. The zero-order valence-corrected chi connectivity index (χ0v) is 17.7. The van der Waals surface area contributed by atoms with E-state index < -0.39 is 17.6 Å². The summed E-state index contributed by atoms with van der Waals surface area (Å²) in [5.74, 6) is 5.33. The Bertz CT molecular complexity index is 1040. The van der Waals surface area contributed by atoms with Gasteiger partial charge in [0, 0.05) is 6.92 Å². The molecule has 0 radical (unpaired) electrons. The van der Waals surface area contributed by atoms with Gasteiger partial charge < -0.3 is 10.1 Å². The largest absolute Gasteiger partial charge is 0.453 e. The molecule has 1 fully saturated rings. The van der Waals surface area contributed by atoms with E-state index in [9.17, 15) is 9.59 Å². The van der Waals surface area contributed by atoms with Gasteiger partial charge in [-0.25, -0.2) is 0 Å². The van der Waals surface area contributed by atoms with Gasteiger partial charge in [-0.2, -0.15) is 0 Å². The molecule has 0 spiro atoms. The van der Waals surface area contributed by atoms with Gasteiger partial charge in [0.05, 0.1) is 5.54 Å². The summed E-state index contributed by atoms with van der Waals surface area (Å²) < 4.78 is 4.89. The van der Waals surface area contributed by atoms with Crippen LogP contribution in [0, 0.1) is 11.8 Å². The molecule has 2 N–H and O–H groups in total. The van der Waals surface area contributed by atoms with Crippen molar-refractivity contribution in [2.45, 2.75) is 24.5 Å². The molecule has 1 aliphatic rings. The van der Waals surface area contributed by atoms with E-state index in [1.807, 2.05) is 54.6 Å². The molecule has 160 valence electrons. The molecule has 5 heteroatoms. The number of rotatable bonds is 6. The molecule has 3 aromatic rings. The van der Waals surface area contributed by atoms with E-state index >= 15 is 0 Å². The molecule has 1 heterocycles. The fourth-order valence-corrected chi connectivity index (χ4v) is 3.99. The second kappa shape index (κ2) is 9.51. The first kappa shape index (κ1) is 21.4. The van der Waals surface area contributed by atoms with Gasteiger partial charge in [-0.05, 0) is 16.7 Å². The number of hydrogen-bond donors (Lipinski definition) is 2. The SMILES string of the molecule is CC(=O)OCC#C[C@@H]1NC(=O)[C@H]1NC(c1ccccc1)(c1ccccc1)c1ccccc1. The van der Waals surface area contributed by atoms with Crippen LogP contribution in [-0.4, -0.2) is 30.6 Å². The van der Waals surface area contributed by atoms with E-state index in [0.717, 1.165) is 16.7 Å². The molecular weight excluding hydrogens is 400 g/mol. The molecule has 1 amide bonds. The maximum atomic E-state index is 12.6. The summed E-state index contributed by atoms with van der Waals surface area (Å²) in [6.07, 6.45) is 0. The van der Waals surface area contributed by atoms with E-state index in [0.29, 0.717) is 0 Å². The third-order valence-corrected chi connectivity index (χ3v) is 5.51. The number of esters is 1. The summed E-state index contributed by atoms with van der Waals surface area (Å²) in [7, 11) is 0. The van der Waals surface area contributed by atoms with Crippen LogP contribution in [0.5, 0.6) is 0 Å². The number of hydrogen-bond acceptors (Lipinski definition) is 4. The van der Waals surface area contributed by atoms with Crippen molar-refractivity contribution in [2.24, 2.45) is 0 Å². The second-order valence-electron chi connectivity index (χ2n) is 7.56. The third-order valence-electron chi connectivity index (χ3n) is 5.51. The maximum Gasteiger partial charge on any atom is 0.303 e. The first-order chi connectivity index (χ1) is 15.6. The fraction of sp³-hybridized carbons (Fsp3) is 0.185. The Morgan fingerprint density at radius 2 is 1.38 bits per heavy atom. The molecule has 0 aromatic heterocycles. The minimum atomic E-state index is -0.762. The first-order valence-electron chi connectivity index (χ1n) is 10.5. The highest BCUT2D eigenvalue weighted by Gasteiger charge is 2.46. The summed E-state index contributed by atoms with van der Waals surface area (Å²) in [5, 5.41) is 6.49. The normalized spacial score (nSPS) is 17.3. The predicted molar refractivity (Wildman–Crippen MR) is 122 cm³/mol. The number of nitrogens with one attached hydrogen (secondary N) is 2. The summed E-state index contributed by atoms with van der Waals surface area (Å²) in [6, 6.07) is 29.3. The fourth-order valence-electron chi connectivity index (χ4n) is 3.99. The number of carbonyl (C=O) groups is 2. The van der Waals surface area contributed by atoms with E-state index in [-0.39, 0.29) is 18.5 Å². The van der Waals surface area contributed by atoms with Crippen LogP contribution < -0.4 is 10.6 Å². The van der Waals surface area contributed by atoms with Gasteiger partial charge in [-0.1, -0.05) is 103 Å². The van der Waals surface area contributed by atoms with E-state index in [1.54, 1.807) is 0 Å². The Morgan fingerprint density at radius 1 is 0.906 bits per heavy atom. The lowest BCUT2D eigenvalue weighted by Crippen LogP contribution is -2.71. The van der Waals surface area contributed by atoms with Crippen molar-refractivity contribution in [2.75, 3.05) is 6.61 Å². The van der Waals surface area contributed by atoms with E-state index in [2.05, 4.69) is 58.9 Å². The van der Waals surface area contributed by atoms with Crippen LogP contribution >= 0.6 is 0 Å². The van der Waals surface area contributed by atoms with Crippen molar-refractivity contribution in [1.82, 2.24) is 10.6 Å². The van der Waals surface area contributed by atoms with Gasteiger partial charge in [0.2, 0.25) is 5.91 Å². The van der Waals surface area contributed by atoms with Gasteiger partial charge in [-0.15, -0.1) is 0 Å². The lowest BCUT2D eigenvalue weighted by Gasteiger charge is -2.44. The number of ether oxygens (including phenoxy) is 1. The predicted octanol–water partition coefficient (Wildman–Crippen LogP) is 3.00. The average Bonchev–Trinajstić information content (AvgIpc) is 2.83. The molecule has 2 atom stereocenters. The lowest BCUT2D eigenvalue weighted by atomic mass is 9.75. The van der Waals surface area contributed by atoms with Crippen LogP contribution in [0.15, 0.2) is 91.0 Å². The lowest BCUT2D eigenvalue weighted by molar-refractivity contribution is -0.139. The Hall–Kier alpha value is -3.88. The van der Waals surface area contributed by atoms with Crippen molar-refractivity contribution >= 4 is 11.9 Å². The second-order valence-corrected chi connectivity index (χ2v) is 7.56. The monoisotopic (exact) mass is 424 g/mol. The van der Waals surface area contributed by atoms with Crippen molar-refractivity contribution in [3.8, 4) is 11.8 Å². The molecule has 0 aliphatic carbocycles. The van der Waals surface area contributed by atoms with Crippen molar-refractivity contribution in [3.63, 3.8) is 0 Å². The van der Waals surface area contributed by atoms with Gasteiger partial charge in [-0.3, -0.25) is 14.9 Å². The molecule has 0 bridgehead atoms. The molecule has 1 aliphatic heterocycles. The molecule has 4 rings (SSSR count). The molecule has 0 unspecified atom stereocenters. The topological polar surface area (TPSA) is 67.4 Å². The molecule has 5 nitrogen and oxygen atoms in total. The van der Waals surface area contributed by atoms with Gasteiger partial charge in [0.1, 0.15) is 12.1 Å². The van der Waals surface area contributed by atoms with Crippen LogP contribution in [0.25, 0.3) is 0 Å². The minimum Gasteiger partial charge on any atom is -0.453 e. The van der Waals surface area contributed by atoms with E-state index in [1.165, 1.54) is 6.92 Å². The summed E-state index contributed by atoms with van der Waals surface area (Å²) in [4.78, 5) is 23.6. The van der Waals surface area contributed by atoms with E-state index in [4.69, 9.17) is 4.74 Å². The Kier molecular flexibility index (Phi) is 6.34. The highest BCUT2D eigenvalue weighted by Crippen LogP contribution is 2.38. The Labute approximate surface area is 187 Å². The third kappa shape index (κ3) is 4.27. The molecule has 1 saturated heterocycles. The average molecular weight is 425 g/mol. The van der Waals surface area contributed by atoms with Crippen LogP contribution in [0.1, 0.15) is 23.6 Å². The molecule has 0 saturated carbocycles. The first-order valence-corrected chi connectivity index (χ1v) is 10.5. The van der Waals surface area contributed by atoms with Gasteiger partial charge in [0.25, 0.3) is 0 Å². The highest BCUT2D eigenvalue weighted by atomic mass is 16.5. The van der Waals surface area contributed by atoms with Crippen molar-refractivity contribution in [3.05, 3.63) is 108 Å². The van der Waals surface area contributed by atoms with Gasteiger partial charge in [0.15, 0.2) is 6.61 Å². The minimum absolute atomic E-state index is 0.00434. The molecule has 32 heavy (non-hydrogen) atoms. The summed E-state index contributed by atoms with van der Waals surface area (Å²) >= 11 is 0. The number of amides is 1. The maximum absolute atomic E-state index is 12.6. The quantitative estimate of drug-likeness (QED) is 0.276. The molecular formula is C27H24N2O3. The van der Waals surface area contributed by atoms with Crippen molar-refractivity contribution in [1.29, 1.82) is 0 Å². The van der Waals surface area contributed by atoms with Crippen LogP contribution in [-0.2, 0) is 19.9 Å². The molecule has 3 aromatic carbocycles. The van der Waals surface area contributed by atoms with Crippen LogP contribution in [0.2, 0.25) is 0 Å². The smallest absolute Gasteiger partial charge is 0.303 e. The zero-order chi connectivity index (χ0) is 22.4. The van der Waals surface area contributed by atoms with Crippen molar-refractivity contribution < 1.29 is 14.3 Å². The van der Waals surface area contributed by atoms with Crippen LogP contribution in [0.4, 0.5) is 0 Å². The summed E-state index contributed by atoms with van der Waals surface area (Å²) in [6.45, 7) is 1.33. The van der Waals surface area contributed by atoms with Crippen LogP contribution in [0.3, 0.4) is 0 Å². The zero-order valence-electron chi connectivity index (χ0n) is 17.7. The number of benzene rings is 3. The number of carbonyl (C=O) groups excluding carboxylic acids is 2. The highest BCUT2D eigenvalue weighted by molar-refractivity contribution is 5.91. The van der Waals surface area contributed by atoms with Gasteiger partial charge >= 0.3 is 5.97 Å².